The fourth-order valence-electron chi connectivity index (χ4n) is 6.03. The molecule has 2 aromatic carbocycles. The van der Waals surface area contributed by atoms with Gasteiger partial charge in [0.25, 0.3) is 10.2 Å². The van der Waals surface area contributed by atoms with Crippen molar-refractivity contribution in [3.05, 3.63) is 88.8 Å². The minimum absolute atomic E-state index is 0.295. The van der Waals surface area contributed by atoms with E-state index >= 15 is 0 Å². The number of halogens is 2. The van der Waals surface area contributed by atoms with Gasteiger partial charge in [0.1, 0.15) is 11.6 Å². The molecule has 0 N–H and O–H groups in total. The highest BCUT2D eigenvalue weighted by Crippen LogP contribution is 2.47. The standard InChI is InChI=1S/C28H31F2N5O2S/c1-32-12-14-33(15-13-32)38(36,37)34-11-10-23-16-27-22(19-31-35(27)26-8-6-25(30)7-9-26)18-28(23,20-34)17-21-2-4-24(29)5-3-21/h2-9,16,19H,10-15,17-18,20H2,1H3. The zero-order valence-electron chi connectivity index (χ0n) is 21.4. The van der Waals surface area contributed by atoms with Crippen molar-refractivity contribution in [2.24, 2.45) is 5.41 Å². The molecule has 0 saturated carbocycles. The lowest BCUT2D eigenvalue weighted by Crippen LogP contribution is -2.57. The number of aromatic nitrogens is 2. The molecular weight excluding hydrogens is 508 g/mol. The molecule has 1 atom stereocenters. The molecule has 1 unspecified atom stereocenters. The van der Waals surface area contributed by atoms with Gasteiger partial charge in [-0.3, -0.25) is 0 Å². The van der Waals surface area contributed by atoms with Crippen molar-refractivity contribution in [2.75, 3.05) is 46.3 Å². The number of piperazine rings is 1. The summed E-state index contributed by atoms with van der Waals surface area (Å²) in [7, 11) is -1.61. The molecule has 2 aliphatic heterocycles. The van der Waals surface area contributed by atoms with Gasteiger partial charge < -0.3 is 4.90 Å². The number of rotatable bonds is 5. The highest BCUT2D eigenvalue weighted by Gasteiger charge is 2.47. The van der Waals surface area contributed by atoms with Gasteiger partial charge in [-0.2, -0.15) is 22.1 Å². The highest BCUT2D eigenvalue weighted by atomic mass is 32.2. The van der Waals surface area contributed by atoms with Gasteiger partial charge in [0.2, 0.25) is 0 Å². The zero-order chi connectivity index (χ0) is 26.5. The number of likely N-dealkylation sites (N-methyl/N-ethyl adjacent to an activating group) is 1. The molecule has 0 spiro atoms. The number of nitrogens with zero attached hydrogens (tertiary/aromatic N) is 5. The third-order valence-electron chi connectivity index (χ3n) is 8.16. The largest absolute Gasteiger partial charge is 0.304 e. The zero-order valence-corrected chi connectivity index (χ0v) is 22.2. The summed E-state index contributed by atoms with van der Waals surface area (Å²) in [6, 6.07) is 12.7. The summed E-state index contributed by atoms with van der Waals surface area (Å²) in [4.78, 5) is 2.14. The van der Waals surface area contributed by atoms with Crippen LogP contribution in [-0.4, -0.2) is 78.0 Å². The Morgan fingerprint density at radius 3 is 2.24 bits per heavy atom. The van der Waals surface area contributed by atoms with Gasteiger partial charge in [0.05, 0.1) is 17.6 Å². The Hall–Kier alpha value is -2.92. The van der Waals surface area contributed by atoms with E-state index in [0.717, 1.165) is 22.5 Å². The second-order valence-electron chi connectivity index (χ2n) is 10.7. The van der Waals surface area contributed by atoms with E-state index in [1.54, 1.807) is 32.9 Å². The Morgan fingerprint density at radius 1 is 0.895 bits per heavy atom. The van der Waals surface area contributed by atoms with E-state index in [1.807, 2.05) is 17.9 Å². The van der Waals surface area contributed by atoms with Crippen LogP contribution in [0.25, 0.3) is 11.8 Å². The third kappa shape index (κ3) is 4.59. The summed E-state index contributed by atoms with van der Waals surface area (Å²) >= 11 is 0. The van der Waals surface area contributed by atoms with Gasteiger partial charge in [-0.25, -0.2) is 13.5 Å². The maximum Gasteiger partial charge on any atom is 0.282 e. The Labute approximate surface area is 222 Å². The van der Waals surface area contributed by atoms with E-state index in [-0.39, 0.29) is 11.6 Å². The lowest BCUT2D eigenvalue weighted by molar-refractivity contribution is 0.179. The van der Waals surface area contributed by atoms with Gasteiger partial charge in [-0.05, 0) is 79.9 Å². The molecule has 38 heavy (non-hydrogen) atoms. The number of piperidine rings is 1. The average Bonchev–Trinajstić information content (AvgIpc) is 3.31. The van der Waals surface area contributed by atoms with Crippen molar-refractivity contribution < 1.29 is 17.2 Å². The van der Waals surface area contributed by atoms with Crippen molar-refractivity contribution in [3.63, 3.8) is 0 Å². The fraction of sp³-hybridized carbons (Fsp3) is 0.393. The van der Waals surface area contributed by atoms with Crippen LogP contribution in [0.3, 0.4) is 0 Å². The lowest BCUT2D eigenvalue weighted by atomic mass is 9.66. The minimum Gasteiger partial charge on any atom is -0.304 e. The van der Waals surface area contributed by atoms with Gasteiger partial charge >= 0.3 is 0 Å². The number of fused-ring (bicyclic) bond motifs is 2. The van der Waals surface area contributed by atoms with Gasteiger partial charge in [-0.15, -0.1) is 0 Å². The van der Waals surface area contributed by atoms with E-state index in [4.69, 9.17) is 0 Å². The Balaban J connectivity index is 1.37. The van der Waals surface area contributed by atoms with E-state index < -0.39 is 15.6 Å². The second-order valence-corrected chi connectivity index (χ2v) is 12.6. The summed E-state index contributed by atoms with van der Waals surface area (Å²) in [5.41, 5.74) is 4.38. The van der Waals surface area contributed by atoms with E-state index in [0.29, 0.717) is 58.5 Å². The molecule has 0 amide bonds. The maximum absolute atomic E-state index is 13.7. The van der Waals surface area contributed by atoms with Crippen LogP contribution in [0, 0.1) is 17.0 Å². The molecule has 6 rings (SSSR count). The molecule has 1 aromatic heterocycles. The smallest absolute Gasteiger partial charge is 0.282 e. The summed E-state index contributed by atoms with van der Waals surface area (Å²) in [6.07, 6.45) is 5.77. The number of hydrogen-bond donors (Lipinski definition) is 0. The number of hydrogen-bond acceptors (Lipinski definition) is 4. The van der Waals surface area contributed by atoms with Crippen LogP contribution in [0.1, 0.15) is 23.2 Å². The molecule has 7 nitrogen and oxygen atoms in total. The van der Waals surface area contributed by atoms with Crippen LogP contribution in [0.15, 0.2) is 60.3 Å². The fourth-order valence-corrected chi connectivity index (χ4v) is 7.71. The van der Waals surface area contributed by atoms with Gasteiger partial charge in [-0.1, -0.05) is 17.7 Å². The molecule has 2 fully saturated rings. The molecule has 1 aliphatic carbocycles. The first-order chi connectivity index (χ1) is 18.2. The topological polar surface area (TPSA) is 61.7 Å². The monoisotopic (exact) mass is 539 g/mol. The van der Waals surface area contributed by atoms with Crippen molar-refractivity contribution in [1.82, 2.24) is 23.3 Å². The average molecular weight is 540 g/mol. The van der Waals surface area contributed by atoms with Gasteiger partial charge in [0, 0.05) is 44.7 Å². The van der Waals surface area contributed by atoms with Gasteiger partial charge in [0.15, 0.2) is 0 Å². The predicted molar refractivity (Wildman–Crippen MR) is 142 cm³/mol. The van der Waals surface area contributed by atoms with Crippen LogP contribution in [0.2, 0.25) is 0 Å². The normalized spacial score (nSPS) is 23.1. The van der Waals surface area contributed by atoms with E-state index in [9.17, 15) is 17.2 Å². The molecule has 0 bridgehead atoms. The second kappa shape index (κ2) is 9.68. The Morgan fingerprint density at radius 2 is 1.55 bits per heavy atom. The molecule has 3 aliphatic rings. The van der Waals surface area contributed by atoms with Crippen LogP contribution in [0.5, 0.6) is 0 Å². The van der Waals surface area contributed by atoms with Crippen molar-refractivity contribution >= 4 is 16.3 Å². The predicted octanol–water partition coefficient (Wildman–Crippen LogP) is 3.52. The highest BCUT2D eigenvalue weighted by molar-refractivity contribution is 7.86. The summed E-state index contributed by atoms with van der Waals surface area (Å²) in [6.45, 7) is 3.16. The third-order valence-corrected chi connectivity index (χ3v) is 10.1. The Bertz CT molecular complexity index is 1460. The van der Waals surface area contributed by atoms with Crippen LogP contribution in [-0.2, 0) is 23.1 Å². The van der Waals surface area contributed by atoms with Crippen molar-refractivity contribution in [3.8, 4) is 5.69 Å². The summed E-state index contributed by atoms with van der Waals surface area (Å²) in [5.74, 6) is -0.600. The van der Waals surface area contributed by atoms with Crippen LogP contribution >= 0.6 is 0 Å². The maximum atomic E-state index is 13.7. The van der Waals surface area contributed by atoms with E-state index in [1.165, 1.54) is 29.8 Å². The van der Waals surface area contributed by atoms with Crippen LogP contribution in [0.4, 0.5) is 8.78 Å². The number of benzene rings is 2. The summed E-state index contributed by atoms with van der Waals surface area (Å²) < 4.78 is 59.8. The minimum atomic E-state index is -3.62. The molecule has 10 heteroatoms. The van der Waals surface area contributed by atoms with Crippen LogP contribution < -0.4 is 0 Å². The molecule has 3 heterocycles. The SMILES string of the molecule is CN1CCN(S(=O)(=O)N2CCC3=Cc4c(cnn4-c4ccc(F)cc4)CC3(Cc3ccc(F)cc3)C2)CC1. The first kappa shape index (κ1) is 25.4. The first-order valence-electron chi connectivity index (χ1n) is 13.0. The lowest BCUT2D eigenvalue weighted by Gasteiger charge is -2.47. The molecule has 2 saturated heterocycles. The first-order valence-corrected chi connectivity index (χ1v) is 14.4. The van der Waals surface area contributed by atoms with E-state index in [2.05, 4.69) is 16.1 Å². The molecule has 3 aromatic rings. The van der Waals surface area contributed by atoms with Crippen molar-refractivity contribution in [2.45, 2.75) is 19.3 Å². The Kier molecular flexibility index (Phi) is 6.46. The molecule has 200 valence electrons. The quantitative estimate of drug-likeness (QED) is 0.498. The molecule has 0 radical (unpaired) electrons. The van der Waals surface area contributed by atoms with Crippen molar-refractivity contribution in [1.29, 1.82) is 0 Å². The summed E-state index contributed by atoms with van der Waals surface area (Å²) in [5, 5.41) is 4.61. The molecular formula is C28H31F2N5O2S.